The summed E-state index contributed by atoms with van der Waals surface area (Å²) < 4.78 is 5.04. The van der Waals surface area contributed by atoms with E-state index >= 15 is 0 Å². The molecule has 8 heteroatoms. The van der Waals surface area contributed by atoms with Gasteiger partial charge in [0.25, 0.3) is 0 Å². The normalized spacial score (nSPS) is 26.8. The number of hydrogen-bond acceptors (Lipinski definition) is 5. The fourth-order valence-electron chi connectivity index (χ4n) is 3.98. The summed E-state index contributed by atoms with van der Waals surface area (Å²) in [7, 11) is 0. The predicted molar refractivity (Wildman–Crippen MR) is 108 cm³/mol. The molecule has 2 fully saturated rings. The molecule has 0 radical (unpaired) electrons. The first kappa shape index (κ1) is 20.5. The molecule has 1 aromatic carbocycles. The van der Waals surface area contributed by atoms with E-state index in [-0.39, 0.29) is 6.10 Å². The van der Waals surface area contributed by atoms with Gasteiger partial charge in [-0.05, 0) is 44.2 Å². The molecule has 27 heavy (non-hydrogen) atoms. The maximum absolute atomic E-state index is 10.8. The zero-order valence-electron chi connectivity index (χ0n) is 15.4. The first-order valence-corrected chi connectivity index (χ1v) is 10.2. The van der Waals surface area contributed by atoms with Crippen molar-refractivity contribution in [3.05, 3.63) is 28.2 Å². The number of amides is 1. The number of carbonyl (C=O) groups excluding carboxylic acids is 1. The molecule has 1 aromatic rings. The van der Waals surface area contributed by atoms with E-state index in [0.29, 0.717) is 35.7 Å². The molecule has 1 heterocycles. The van der Waals surface area contributed by atoms with Gasteiger partial charge in [0.2, 0.25) is 0 Å². The van der Waals surface area contributed by atoms with Crippen LogP contribution in [0.4, 0.5) is 10.5 Å². The smallest absolute Gasteiger partial charge is 0.404 e. The van der Waals surface area contributed by atoms with Crippen LogP contribution in [0, 0.1) is 0 Å². The molecule has 2 aliphatic rings. The standard InChI is InChI=1S/C19H27Cl2N3O3/c20-15-2-1-3-16(17(15)21)24-12-10-23(11-13-24)9-8-19(26)6-4-14(5-7-19)27-18(22)25/h1-3,14,26H,4-13H2,(H2,22,25). The van der Waals surface area contributed by atoms with Gasteiger partial charge in [-0.25, -0.2) is 4.79 Å². The zero-order chi connectivity index (χ0) is 19.4. The lowest BCUT2D eigenvalue weighted by atomic mass is 9.81. The molecule has 3 N–H and O–H groups in total. The number of ether oxygens (including phenoxy) is 1. The van der Waals surface area contributed by atoms with Crippen LogP contribution in [-0.2, 0) is 4.74 Å². The van der Waals surface area contributed by atoms with Crippen LogP contribution in [0.5, 0.6) is 0 Å². The number of anilines is 1. The first-order chi connectivity index (χ1) is 12.9. The number of piperazine rings is 1. The monoisotopic (exact) mass is 415 g/mol. The number of nitrogens with two attached hydrogens (primary N) is 1. The lowest BCUT2D eigenvalue weighted by molar-refractivity contribution is -0.0450. The summed E-state index contributed by atoms with van der Waals surface area (Å²) in [6.45, 7) is 4.47. The van der Waals surface area contributed by atoms with Gasteiger partial charge in [-0.15, -0.1) is 0 Å². The lowest BCUT2D eigenvalue weighted by Crippen LogP contribution is -2.48. The molecule has 1 aliphatic heterocycles. The van der Waals surface area contributed by atoms with Crippen LogP contribution in [0.2, 0.25) is 10.0 Å². The summed E-state index contributed by atoms with van der Waals surface area (Å²) in [6.07, 6.45) is 2.46. The Balaban J connectivity index is 1.43. The topological polar surface area (TPSA) is 79.0 Å². The number of nitrogens with zero attached hydrogens (tertiary/aromatic N) is 2. The first-order valence-electron chi connectivity index (χ1n) is 9.46. The summed E-state index contributed by atoms with van der Waals surface area (Å²) in [4.78, 5) is 15.5. The fourth-order valence-corrected chi connectivity index (χ4v) is 4.39. The lowest BCUT2D eigenvalue weighted by Gasteiger charge is -2.40. The molecule has 3 rings (SSSR count). The van der Waals surface area contributed by atoms with Gasteiger partial charge in [-0.1, -0.05) is 29.3 Å². The molecule has 0 bridgehead atoms. The Morgan fingerprint density at radius 2 is 1.89 bits per heavy atom. The van der Waals surface area contributed by atoms with Crippen molar-refractivity contribution >= 4 is 35.0 Å². The van der Waals surface area contributed by atoms with Crippen molar-refractivity contribution in [1.82, 2.24) is 4.90 Å². The molecule has 0 spiro atoms. The molecule has 0 unspecified atom stereocenters. The van der Waals surface area contributed by atoms with E-state index in [0.717, 1.165) is 44.8 Å². The third-order valence-corrected chi connectivity index (χ3v) is 6.49. The van der Waals surface area contributed by atoms with Crippen LogP contribution in [-0.4, -0.2) is 60.5 Å². The van der Waals surface area contributed by atoms with Crippen LogP contribution in [0.15, 0.2) is 18.2 Å². The van der Waals surface area contributed by atoms with E-state index in [1.54, 1.807) is 6.07 Å². The summed E-state index contributed by atoms with van der Waals surface area (Å²) >= 11 is 12.4. The molecule has 6 nitrogen and oxygen atoms in total. The number of primary amides is 1. The molecule has 150 valence electrons. The van der Waals surface area contributed by atoms with Gasteiger partial charge in [0.15, 0.2) is 0 Å². The van der Waals surface area contributed by atoms with E-state index in [1.165, 1.54) is 0 Å². The minimum absolute atomic E-state index is 0.159. The molecule has 1 aliphatic carbocycles. The Morgan fingerprint density at radius 1 is 1.22 bits per heavy atom. The molecule has 1 amide bonds. The van der Waals surface area contributed by atoms with Crippen molar-refractivity contribution in [3.63, 3.8) is 0 Å². The fraction of sp³-hybridized carbons (Fsp3) is 0.632. The van der Waals surface area contributed by atoms with E-state index in [2.05, 4.69) is 9.80 Å². The van der Waals surface area contributed by atoms with Crippen LogP contribution >= 0.6 is 23.2 Å². The second-order valence-electron chi connectivity index (χ2n) is 7.51. The average Bonchev–Trinajstić information content (AvgIpc) is 2.65. The molecule has 0 aromatic heterocycles. The summed E-state index contributed by atoms with van der Waals surface area (Å²) in [5.74, 6) is 0. The number of aliphatic hydroxyl groups is 1. The average molecular weight is 416 g/mol. The Bertz CT molecular complexity index is 658. The van der Waals surface area contributed by atoms with E-state index in [4.69, 9.17) is 33.7 Å². The quantitative estimate of drug-likeness (QED) is 0.770. The molecule has 1 saturated carbocycles. The number of benzene rings is 1. The minimum Gasteiger partial charge on any atom is -0.446 e. The van der Waals surface area contributed by atoms with Gasteiger partial charge in [0.1, 0.15) is 6.10 Å². The Morgan fingerprint density at radius 3 is 2.52 bits per heavy atom. The maximum atomic E-state index is 10.8. The number of halogens is 2. The highest BCUT2D eigenvalue weighted by atomic mass is 35.5. The summed E-state index contributed by atoms with van der Waals surface area (Å²) in [5.41, 5.74) is 5.37. The van der Waals surface area contributed by atoms with Crippen molar-refractivity contribution in [2.45, 2.75) is 43.8 Å². The van der Waals surface area contributed by atoms with E-state index in [9.17, 15) is 9.90 Å². The summed E-state index contributed by atoms with van der Waals surface area (Å²) in [6, 6.07) is 5.72. The van der Waals surface area contributed by atoms with Gasteiger partial charge >= 0.3 is 6.09 Å². The largest absolute Gasteiger partial charge is 0.446 e. The highest BCUT2D eigenvalue weighted by Crippen LogP contribution is 2.34. The number of hydrogen-bond donors (Lipinski definition) is 2. The molecule has 0 atom stereocenters. The van der Waals surface area contributed by atoms with Crippen molar-refractivity contribution in [2.24, 2.45) is 5.73 Å². The van der Waals surface area contributed by atoms with Gasteiger partial charge in [-0.3, -0.25) is 4.90 Å². The zero-order valence-corrected chi connectivity index (χ0v) is 16.9. The van der Waals surface area contributed by atoms with Crippen molar-refractivity contribution in [3.8, 4) is 0 Å². The second kappa shape index (κ2) is 8.86. The molecular weight excluding hydrogens is 389 g/mol. The van der Waals surface area contributed by atoms with E-state index in [1.807, 2.05) is 12.1 Å². The number of carbonyl (C=O) groups is 1. The predicted octanol–water partition coefficient (Wildman–Crippen LogP) is 3.27. The van der Waals surface area contributed by atoms with Crippen LogP contribution < -0.4 is 10.6 Å². The van der Waals surface area contributed by atoms with Gasteiger partial charge < -0.3 is 20.5 Å². The maximum Gasteiger partial charge on any atom is 0.404 e. The molecular formula is C19H27Cl2N3O3. The van der Waals surface area contributed by atoms with Crippen molar-refractivity contribution < 1.29 is 14.6 Å². The minimum atomic E-state index is -0.733. The van der Waals surface area contributed by atoms with Crippen molar-refractivity contribution in [2.75, 3.05) is 37.6 Å². The highest BCUT2D eigenvalue weighted by molar-refractivity contribution is 6.43. The van der Waals surface area contributed by atoms with Crippen LogP contribution in [0.3, 0.4) is 0 Å². The van der Waals surface area contributed by atoms with Crippen LogP contribution in [0.1, 0.15) is 32.1 Å². The summed E-state index contributed by atoms with van der Waals surface area (Å²) in [5, 5.41) is 12.0. The van der Waals surface area contributed by atoms with Gasteiger partial charge in [0, 0.05) is 32.7 Å². The Kier molecular flexibility index (Phi) is 6.74. The van der Waals surface area contributed by atoms with E-state index < -0.39 is 11.7 Å². The van der Waals surface area contributed by atoms with Crippen molar-refractivity contribution in [1.29, 1.82) is 0 Å². The number of rotatable bonds is 5. The third-order valence-electron chi connectivity index (χ3n) is 5.68. The SMILES string of the molecule is NC(=O)OC1CCC(O)(CCN2CCN(c3cccc(Cl)c3Cl)CC2)CC1. The molecule has 1 saturated heterocycles. The highest BCUT2D eigenvalue weighted by Gasteiger charge is 2.34. The third kappa shape index (κ3) is 5.41. The second-order valence-corrected chi connectivity index (χ2v) is 8.30. The van der Waals surface area contributed by atoms with Gasteiger partial charge in [0.05, 0.1) is 21.3 Å². The van der Waals surface area contributed by atoms with Crippen LogP contribution in [0.25, 0.3) is 0 Å². The van der Waals surface area contributed by atoms with Gasteiger partial charge in [-0.2, -0.15) is 0 Å². The Hall–Kier alpha value is -1.21. The Labute approximate surface area is 170 Å².